The highest BCUT2D eigenvalue weighted by molar-refractivity contribution is 5.86. The van der Waals surface area contributed by atoms with Crippen molar-refractivity contribution in [2.45, 2.75) is 13.1 Å². The second-order valence-corrected chi connectivity index (χ2v) is 5.46. The third-order valence-corrected chi connectivity index (χ3v) is 3.63. The number of alkyl halides is 3. The number of nitrogens with zero attached hydrogens (tertiary/aromatic N) is 1. The summed E-state index contributed by atoms with van der Waals surface area (Å²) in [6.45, 7) is 2.19. The molecule has 0 spiro atoms. The molecule has 0 bridgehead atoms. The molecule has 0 heterocycles. The number of benzene rings is 2. The number of allylic oxidation sites excluding steroid dienone is 2. The van der Waals surface area contributed by atoms with E-state index in [4.69, 9.17) is 4.74 Å². The second-order valence-electron chi connectivity index (χ2n) is 5.46. The zero-order valence-electron chi connectivity index (χ0n) is 14.8. The van der Waals surface area contributed by atoms with Crippen LogP contribution in [0, 0.1) is 23.2 Å². The zero-order chi connectivity index (χ0) is 19.9. The van der Waals surface area contributed by atoms with E-state index >= 15 is 0 Å². The highest BCUT2D eigenvalue weighted by atomic mass is 19.4. The van der Waals surface area contributed by atoms with E-state index in [1.54, 1.807) is 38.3 Å². The van der Waals surface area contributed by atoms with Crippen molar-refractivity contribution < 1.29 is 17.9 Å². The second kappa shape index (κ2) is 8.82. The quantitative estimate of drug-likeness (QED) is 0.601. The molecular formula is C21H17F3N2O. The van der Waals surface area contributed by atoms with Gasteiger partial charge in [0, 0.05) is 29.4 Å². The Morgan fingerprint density at radius 2 is 2.00 bits per heavy atom. The summed E-state index contributed by atoms with van der Waals surface area (Å²) in [7, 11) is 1.55. The van der Waals surface area contributed by atoms with E-state index in [0.29, 0.717) is 23.4 Å². The third kappa shape index (κ3) is 5.29. The average Bonchev–Trinajstić information content (AvgIpc) is 2.65. The Hall–Kier alpha value is -3.38. The molecule has 6 heteroatoms. The molecule has 0 aliphatic heterocycles. The fraction of sp³-hybridized carbons (Fsp3) is 0.190. The number of nitriles is 1. The first-order chi connectivity index (χ1) is 12.9. The molecule has 0 atom stereocenters. The SMILES string of the molecule is CCNc1cc(C(F)(F)F)ccc1/C(C#N)=C/C#Cc1cccc(OC)c1. The van der Waals surface area contributed by atoms with Crippen LogP contribution in [-0.4, -0.2) is 13.7 Å². The molecule has 0 aliphatic rings. The van der Waals surface area contributed by atoms with Crippen molar-refractivity contribution in [2.75, 3.05) is 19.0 Å². The van der Waals surface area contributed by atoms with Crippen molar-refractivity contribution in [2.24, 2.45) is 0 Å². The summed E-state index contributed by atoms with van der Waals surface area (Å²) >= 11 is 0. The lowest BCUT2D eigenvalue weighted by Crippen LogP contribution is -2.08. The first-order valence-electron chi connectivity index (χ1n) is 8.10. The molecule has 0 amide bonds. The van der Waals surface area contributed by atoms with Gasteiger partial charge in [-0.1, -0.05) is 24.0 Å². The van der Waals surface area contributed by atoms with Gasteiger partial charge in [-0.3, -0.25) is 0 Å². The van der Waals surface area contributed by atoms with Crippen LogP contribution in [-0.2, 0) is 6.18 Å². The van der Waals surface area contributed by atoms with Gasteiger partial charge in [-0.05, 0) is 37.3 Å². The minimum absolute atomic E-state index is 0.176. The standard InChI is InChI=1S/C21H17F3N2O/c1-3-26-20-13-17(21(22,23)24)10-11-19(20)16(14-25)8-4-6-15-7-5-9-18(12-15)27-2/h5,7-13,26H,3H2,1-2H3/b16-8+. The molecular weight excluding hydrogens is 353 g/mol. The molecule has 0 saturated carbocycles. The molecule has 2 rings (SSSR count). The molecule has 3 nitrogen and oxygen atoms in total. The van der Waals surface area contributed by atoms with Crippen LogP contribution in [0.5, 0.6) is 5.75 Å². The highest BCUT2D eigenvalue weighted by Crippen LogP contribution is 2.34. The predicted octanol–water partition coefficient (Wildman–Crippen LogP) is 5.10. The van der Waals surface area contributed by atoms with E-state index in [0.717, 1.165) is 12.1 Å². The van der Waals surface area contributed by atoms with Crippen LogP contribution in [0.2, 0.25) is 0 Å². The number of halogens is 3. The maximum atomic E-state index is 12.9. The van der Waals surface area contributed by atoms with E-state index in [-0.39, 0.29) is 11.3 Å². The van der Waals surface area contributed by atoms with Gasteiger partial charge in [-0.25, -0.2) is 0 Å². The van der Waals surface area contributed by atoms with Crippen molar-refractivity contribution in [1.82, 2.24) is 0 Å². The molecule has 0 aliphatic carbocycles. The number of anilines is 1. The summed E-state index contributed by atoms with van der Waals surface area (Å²) in [5.41, 5.74) is 0.704. The van der Waals surface area contributed by atoms with Crippen molar-refractivity contribution in [1.29, 1.82) is 5.26 Å². The van der Waals surface area contributed by atoms with Crippen LogP contribution >= 0.6 is 0 Å². The molecule has 0 unspecified atom stereocenters. The van der Waals surface area contributed by atoms with Gasteiger partial charge < -0.3 is 10.1 Å². The summed E-state index contributed by atoms with van der Waals surface area (Å²) in [6.07, 6.45) is -3.06. The Labute approximate surface area is 156 Å². The Bertz CT molecular complexity index is 944. The first-order valence-corrected chi connectivity index (χ1v) is 8.10. The Morgan fingerprint density at radius 3 is 2.63 bits per heavy atom. The van der Waals surface area contributed by atoms with Gasteiger partial charge in [0.25, 0.3) is 0 Å². The highest BCUT2D eigenvalue weighted by Gasteiger charge is 2.31. The molecule has 2 aromatic carbocycles. The number of ether oxygens (including phenoxy) is 1. The summed E-state index contributed by atoms with van der Waals surface area (Å²) in [4.78, 5) is 0. The Balaban J connectivity index is 2.41. The van der Waals surface area contributed by atoms with Gasteiger partial charge in [0.05, 0.1) is 18.2 Å². The minimum atomic E-state index is -4.45. The van der Waals surface area contributed by atoms with E-state index in [9.17, 15) is 18.4 Å². The summed E-state index contributed by atoms with van der Waals surface area (Å²) < 4.78 is 43.9. The van der Waals surface area contributed by atoms with Crippen molar-refractivity contribution >= 4 is 11.3 Å². The molecule has 0 aromatic heterocycles. The lowest BCUT2D eigenvalue weighted by Gasteiger charge is -2.13. The van der Waals surface area contributed by atoms with E-state index in [1.807, 2.05) is 6.07 Å². The third-order valence-electron chi connectivity index (χ3n) is 3.63. The number of hydrogen-bond acceptors (Lipinski definition) is 3. The Kier molecular flexibility index (Phi) is 6.51. The van der Waals surface area contributed by atoms with Crippen LogP contribution in [0.15, 0.2) is 48.5 Å². The number of nitrogens with one attached hydrogen (secondary N) is 1. The van der Waals surface area contributed by atoms with Crippen molar-refractivity contribution in [3.8, 4) is 23.7 Å². The van der Waals surface area contributed by atoms with Crippen molar-refractivity contribution in [3.63, 3.8) is 0 Å². The molecule has 0 saturated heterocycles. The maximum absolute atomic E-state index is 12.9. The predicted molar refractivity (Wildman–Crippen MR) is 99.1 cm³/mol. The van der Waals surface area contributed by atoms with Crippen molar-refractivity contribution in [3.05, 3.63) is 65.2 Å². The normalized spacial score (nSPS) is 11.2. The van der Waals surface area contributed by atoms with E-state index in [1.165, 1.54) is 12.1 Å². The van der Waals surface area contributed by atoms with Gasteiger partial charge in [0.1, 0.15) is 11.8 Å². The van der Waals surface area contributed by atoms with E-state index in [2.05, 4.69) is 17.2 Å². The molecule has 138 valence electrons. The van der Waals surface area contributed by atoms with Crippen LogP contribution < -0.4 is 10.1 Å². The van der Waals surface area contributed by atoms with Crippen LogP contribution in [0.4, 0.5) is 18.9 Å². The molecule has 27 heavy (non-hydrogen) atoms. The van der Waals surface area contributed by atoms with Crippen LogP contribution in [0.3, 0.4) is 0 Å². The first kappa shape index (κ1) is 19.9. The number of rotatable bonds is 4. The molecule has 0 radical (unpaired) electrons. The molecule has 0 fully saturated rings. The van der Waals surface area contributed by atoms with Gasteiger partial charge in [-0.2, -0.15) is 18.4 Å². The summed E-state index contributed by atoms with van der Waals surface area (Å²) in [6, 6.07) is 12.3. The zero-order valence-corrected chi connectivity index (χ0v) is 14.8. The van der Waals surface area contributed by atoms with Gasteiger partial charge in [0.2, 0.25) is 0 Å². The number of hydrogen-bond donors (Lipinski definition) is 1. The van der Waals surface area contributed by atoms with E-state index < -0.39 is 11.7 Å². The fourth-order valence-corrected chi connectivity index (χ4v) is 2.35. The summed E-state index contributed by atoms with van der Waals surface area (Å²) in [5.74, 6) is 6.32. The lowest BCUT2D eigenvalue weighted by molar-refractivity contribution is -0.137. The molecule has 1 N–H and O–H groups in total. The monoisotopic (exact) mass is 370 g/mol. The topological polar surface area (TPSA) is 45.0 Å². The maximum Gasteiger partial charge on any atom is 0.416 e. The number of methoxy groups -OCH3 is 1. The smallest absolute Gasteiger partial charge is 0.416 e. The lowest BCUT2D eigenvalue weighted by atomic mass is 10.0. The largest absolute Gasteiger partial charge is 0.497 e. The minimum Gasteiger partial charge on any atom is -0.497 e. The van der Waals surface area contributed by atoms with Gasteiger partial charge >= 0.3 is 6.18 Å². The summed E-state index contributed by atoms with van der Waals surface area (Å²) in [5, 5.41) is 12.3. The van der Waals surface area contributed by atoms with Gasteiger partial charge in [-0.15, -0.1) is 0 Å². The molecule has 2 aromatic rings. The van der Waals surface area contributed by atoms with Crippen LogP contribution in [0.1, 0.15) is 23.6 Å². The van der Waals surface area contributed by atoms with Crippen LogP contribution in [0.25, 0.3) is 5.57 Å². The fourth-order valence-electron chi connectivity index (χ4n) is 2.35. The average molecular weight is 370 g/mol. The Morgan fingerprint density at radius 1 is 1.22 bits per heavy atom. The van der Waals surface area contributed by atoms with Gasteiger partial charge in [0.15, 0.2) is 0 Å².